The van der Waals surface area contributed by atoms with E-state index < -0.39 is 0 Å². The van der Waals surface area contributed by atoms with Gasteiger partial charge in [0.15, 0.2) is 22.5 Å². The second-order valence-electron chi connectivity index (χ2n) is 5.42. The van der Waals surface area contributed by atoms with E-state index in [1.54, 1.807) is 26.4 Å². The van der Waals surface area contributed by atoms with Crippen molar-refractivity contribution in [2.75, 3.05) is 14.2 Å². The van der Waals surface area contributed by atoms with Gasteiger partial charge in [-0.3, -0.25) is 0 Å². The van der Waals surface area contributed by atoms with Crippen molar-refractivity contribution in [3.05, 3.63) is 52.8 Å². The molecule has 136 valence electrons. The highest BCUT2D eigenvalue weighted by Crippen LogP contribution is 2.33. The maximum atomic E-state index is 13.9. The highest BCUT2D eigenvalue weighted by Gasteiger charge is 2.15. The molecule has 0 spiro atoms. The summed E-state index contributed by atoms with van der Waals surface area (Å²) in [6.45, 7) is 0. The number of halogens is 2. The molecule has 0 aliphatic heterocycles. The second kappa shape index (κ2) is 7.97. The number of ether oxygens (including phenoxy) is 2. The molecule has 0 N–H and O–H groups in total. The minimum atomic E-state index is -0.327. The summed E-state index contributed by atoms with van der Waals surface area (Å²) in [5.74, 6) is 1.96. The van der Waals surface area contributed by atoms with E-state index >= 15 is 0 Å². The van der Waals surface area contributed by atoms with Gasteiger partial charge in [-0.15, -0.1) is 10.2 Å². The molecule has 3 aromatic rings. The van der Waals surface area contributed by atoms with Crippen LogP contribution in [0.15, 0.2) is 41.6 Å². The summed E-state index contributed by atoms with van der Waals surface area (Å²) in [7, 11) is 5.03. The van der Waals surface area contributed by atoms with Gasteiger partial charge >= 0.3 is 0 Å². The van der Waals surface area contributed by atoms with Crippen LogP contribution in [0.25, 0.3) is 11.4 Å². The van der Waals surface area contributed by atoms with Crippen LogP contribution < -0.4 is 9.47 Å². The van der Waals surface area contributed by atoms with Crippen LogP contribution in [0.1, 0.15) is 5.56 Å². The largest absolute Gasteiger partial charge is 0.493 e. The van der Waals surface area contributed by atoms with Gasteiger partial charge < -0.3 is 14.0 Å². The van der Waals surface area contributed by atoms with Gasteiger partial charge in [-0.25, -0.2) is 4.39 Å². The molecule has 0 saturated carbocycles. The first-order valence-electron chi connectivity index (χ1n) is 7.72. The van der Waals surface area contributed by atoms with Gasteiger partial charge in [0.05, 0.1) is 14.2 Å². The molecule has 0 amide bonds. The van der Waals surface area contributed by atoms with Crippen molar-refractivity contribution in [3.63, 3.8) is 0 Å². The van der Waals surface area contributed by atoms with Gasteiger partial charge in [0.2, 0.25) is 0 Å². The third-order valence-electron chi connectivity index (χ3n) is 3.88. The maximum Gasteiger partial charge on any atom is 0.191 e. The Morgan fingerprint density at radius 3 is 2.58 bits per heavy atom. The highest BCUT2D eigenvalue weighted by molar-refractivity contribution is 7.98. The van der Waals surface area contributed by atoms with Crippen LogP contribution in [0.5, 0.6) is 11.5 Å². The van der Waals surface area contributed by atoms with Crippen LogP contribution in [0, 0.1) is 5.82 Å². The summed E-state index contributed by atoms with van der Waals surface area (Å²) < 4.78 is 26.3. The Hall–Kier alpha value is -2.25. The van der Waals surface area contributed by atoms with Gasteiger partial charge in [-0.05, 0) is 30.3 Å². The van der Waals surface area contributed by atoms with Crippen molar-refractivity contribution in [1.82, 2.24) is 14.8 Å². The number of rotatable bonds is 6. The average molecular weight is 394 g/mol. The zero-order valence-corrected chi connectivity index (χ0v) is 16.1. The third kappa shape index (κ3) is 3.64. The molecular formula is C18H17ClFN3O2S. The van der Waals surface area contributed by atoms with E-state index in [0.717, 1.165) is 5.56 Å². The van der Waals surface area contributed by atoms with E-state index in [-0.39, 0.29) is 5.82 Å². The molecule has 0 fully saturated rings. The van der Waals surface area contributed by atoms with E-state index in [4.69, 9.17) is 21.1 Å². The van der Waals surface area contributed by atoms with E-state index in [9.17, 15) is 4.39 Å². The van der Waals surface area contributed by atoms with Crippen molar-refractivity contribution >= 4 is 23.4 Å². The molecule has 0 aliphatic rings. The first kappa shape index (κ1) is 18.5. The van der Waals surface area contributed by atoms with Crippen molar-refractivity contribution in [2.24, 2.45) is 7.05 Å². The fourth-order valence-corrected chi connectivity index (χ4v) is 3.73. The summed E-state index contributed by atoms with van der Waals surface area (Å²) in [5, 5.41) is 9.51. The number of methoxy groups -OCH3 is 2. The molecule has 8 heteroatoms. The van der Waals surface area contributed by atoms with Crippen molar-refractivity contribution in [3.8, 4) is 22.9 Å². The fraction of sp³-hybridized carbons (Fsp3) is 0.222. The minimum Gasteiger partial charge on any atom is -0.493 e. The van der Waals surface area contributed by atoms with Crippen LogP contribution in [0.3, 0.4) is 0 Å². The fourth-order valence-electron chi connectivity index (χ4n) is 2.47. The molecule has 3 rings (SSSR count). The number of aromatic nitrogens is 3. The topological polar surface area (TPSA) is 49.2 Å². The second-order valence-corrected chi connectivity index (χ2v) is 6.77. The van der Waals surface area contributed by atoms with E-state index in [1.165, 1.54) is 17.8 Å². The lowest BCUT2D eigenvalue weighted by atomic mass is 10.2. The molecule has 0 aliphatic carbocycles. The highest BCUT2D eigenvalue weighted by atomic mass is 35.5. The van der Waals surface area contributed by atoms with Crippen LogP contribution in [-0.2, 0) is 12.8 Å². The van der Waals surface area contributed by atoms with Crippen LogP contribution >= 0.6 is 23.4 Å². The summed E-state index contributed by atoms with van der Waals surface area (Å²) in [5.41, 5.74) is 1.29. The van der Waals surface area contributed by atoms with Gasteiger partial charge in [0, 0.05) is 29.0 Å². The van der Waals surface area contributed by atoms with Crippen molar-refractivity contribution in [2.45, 2.75) is 10.9 Å². The SMILES string of the molecule is COc1ccc(-c2nnc(SCc3c(F)cccc3Cl)n2C)cc1OC. The number of hydrogen-bond acceptors (Lipinski definition) is 5. The van der Waals surface area contributed by atoms with Crippen molar-refractivity contribution in [1.29, 1.82) is 0 Å². The Kier molecular flexibility index (Phi) is 5.68. The van der Waals surface area contributed by atoms with Crippen molar-refractivity contribution < 1.29 is 13.9 Å². The lowest BCUT2D eigenvalue weighted by Crippen LogP contribution is -1.97. The Labute approximate surface area is 160 Å². The number of benzene rings is 2. The zero-order valence-electron chi connectivity index (χ0n) is 14.5. The number of nitrogens with zero attached hydrogens (tertiary/aromatic N) is 3. The first-order valence-corrected chi connectivity index (χ1v) is 9.09. The quantitative estimate of drug-likeness (QED) is 0.573. The molecule has 5 nitrogen and oxygen atoms in total. The Balaban J connectivity index is 1.84. The third-order valence-corrected chi connectivity index (χ3v) is 5.28. The standard InChI is InChI=1S/C18H17ClFN3O2S/c1-23-17(11-7-8-15(24-2)16(9-11)25-3)21-22-18(23)26-10-12-13(19)5-4-6-14(12)20/h4-9H,10H2,1-3H3. The van der Waals surface area contributed by atoms with Crippen LogP contribution in [0.4, 0.5) is 4.39 Å². The number of thioether (sulfide) groups is 1. The lowest BCUT2D eigenvalue weighted by molar-refractivity contribution is 0.355. The van der Waals surface area contributed by atoms with Gasteiger partial charge in [0.25, 0.3) is 0 Å². The molecule has 2 aromatic carbocycles. The van der Waals surface area contributed by atoms with Gasteiger partial charge in [0.1, 0.15) is 5.82 Å². The maximum absolute atomic E-state index is 13.9. The van der Waals surface area contributed by atoms with Gasteiger partial charge in [-0.2, -0.15) is 0 Å². The number of hydrogen-bond donors (Lipinski definition) is 0. The molecule has 0 radical (unpaired) electrons. The Morgan fingerprint density at radius 1 is 1.12 bits per heavy atom. The predicted octanol–water partition coefficient (Wildman–Crippen LogP) is 4.58. The first-order chi connectivity index (χ1) is 12.5. The molecule has 0 unspecified atom stereocenters. The summed E-state index contributed by atoms with van der Waals surface area (Å²) in [6, 6.07) is 10.2. The van der Waals surface area contributed by atoms with E-state index in [2.05, 4.69) is 10.2 Å². The molecule has 26 heavy (non-hydrogen) atoms. The van der Waals surface area contributed by atoms with Crippen LogP contribution in [0.2, 0.25) is 5.02 Å². The molecule has 1 heterocycles. The monoisotopic (exact) mass is 393 g/mol. The zero-order chi connectivity index (χ0) is 18.7. The van der Waals surface area contributed by atoms with Gasteiger partial charge in [-0.1, -0.05) is 29.4 Å². The predicted molar refractivity (Wildman–Crippen MR) is 101 cm³/mol. The Bertz CT molecular complexity index is 913. The van der Waals surface area contributed by atoms with Crippen LogP contribution in [-0.4, -0.2) is 29.0 Å². The lowest BCUT2D eigenvalue weighted by Gasteiger charge is -2.09. The summed E-state index contributed by atoms with van der Waals surface area (Å²) >= 11 is 7.45. The molecule has 0 saturated heterocycles. The summed E-state index contributed by atoms with van der Waals surface area (Å²) in [6.07, 6.45) is 0. The molecule has 1 aromatic heterocycles. The Morgan fingerprint density at radius 2 is 1.88 bits per heavy atom. The molecule has 0 bridgehead atoms. The summed E-state index contributed by atoms with van der Waals surface area (Å²) in [4.78, 5) is 0. The molecular weight excluding hydrogens is 377 g/mol. The normalized spacial score (nSPS) is 10.8. The molecule has 0 atom stereocenters. The minimum absolute atomic E-state index is 0.327. The van der Waals surface area contributed by atoms with E-state index in [0.29, 0.717) is 38.8 Å². The van der Waals surface area contributed by atoms with E-state index in [1.807, 2.05) is 29.8 Å². The smallest absolute Gasteiger partial charge is 0.191 e. The average Bonchev–Trinajstić information content (AvgIpc) is 3.01.